The normalized spacial score (nSPS) is 14.3. The molecular weight excluding hydrogens is 228 g/mol. The maximum absolute atomic E-state index is 11.1. The van der Waals surface area contributed by atoms with Gasteiger partial charge in [0.1, 0.15) is 18.7 Å². The second-order valence-electron chi connectivity index (χ2n) is 3.96. The average Bonchev–Trinajstić information content (AvgIpc) is 2.31. The molecule has 0 heterocycles. The number of carboxylic acid groups (broad SMARTS) is 1. The Labute approximate surface area is 99.6 Å². The molecule has 0 unspecified atom stereocenters. The van der Waals surface area contributed by atoms with Crippen LogP contribution in [0.1, 0.15) is 19.3 Å². The molecule has 2 atom stereocenters. The molecule has 0 amide bonds. The third kappa shape index (κ3) is 7.81. The first kappa shape index (κ1) is 16.0. The fraction of sp³-hybridized carbons (Fsp3) is 0.800. The van der Waals surface area contributed by atoms with Crippen molar-refractivity contribution in [2.24, 2.45) is 0 Å². The predicted octanol–water partition coefficient (Wildman–Crippen LogP) is -5.00. The number of carbonyl (C=O) groups is 2. The van der Waals surface area contributed by atoms with Gasteiger partial charge < -0.3 is 31.2 Å². The summed E-state index contributed by atoms with van der Waals surface area (Å²) in [4.78, 5) is 21.4. The molecule has 0 aromatic heterocycles. The number of ketones is 1. The second-order valence-corrected chi connectivity index (χ2v) is 3.96. The van der Waals surface area contributed by atoms with E-state index >= 15 is 0 Å². The number of aliphatic hydroxyl groups is 2. The predicted molar refractivity (Wildman–Crippen MR) is 55.3 cm³/mol. The first-order valence-electron chi connectivity index (χ1n) is 5.66. The van der Waals surface area contributed by atoms with Crippen LogP contribution in [0.2, 0.25) is 0 Å². The standard InChI is InChI=1S/C10H20N2O5/c11-7(10(16)17)3-1-2-4-12-5-8(14)9(15)6-13/h7,9,12-13,15H,1-6,11H2,(H,16,17)/p+1/t7-,9+/m0/s1. The van der Waals surface area contributed by atoms with Gasteiger partial charge in [0.2, 0.25) is 5.78 Å². The number of unbranched alkanes of at least 4 members (excludes halogenated alkanes) is 1. The molecule has 0 radical (unpaired) electrons. The number of rotatable bonds is 10. The number of hydrogen-bond acceptors (Lipinski definition) is 5. The number of aliphatic carboxylic acids is 1. The third-order valence-corrected chi connectivity index (χ3v) is 2.43. The molecule has 0 aromatic carbocycles. The highest BCUT2D eigenvalue weighted by Crippen LogP contribution is 1.94. The first-order valence-corrected chi connectivity index (χ1v) is 5.66. The van der Waals surface area contributed by atoms with Crippen molar-refractivity contribution >= 4 is 11.8 Å². The van der Waals surface area contributed by atoms with Crippen molar-refractivity contribution in [3.63, 3.8) is 0 Å². The van der Waals surface area contributed by atoms with E-state index in [9.17, 15) is 14.7 Å². The summed E-state index contributed by atoms with van der Waals surface area (Å²) in [5.74, 6) is -1.55. The van der Waals surface area contributed by atoms with E-state index in [-0.39, 0.29) is 6.54 Å². The Kier molecular flexibility index (Phi) is 8.51. The van der Waals surface area contributed by atoms with E-state index in [1.54, 1.807) is 5.32 Å². The van der Waals surface area contributed by atoms with Crippen molar-refractivity contribution in [2.75, 3.05) is 19.7 Å². The summed E-state index contributed by atoms with van der Waals surface area (Å²) >= 11 is 0. The van der Waals surface area contributed by atoms with Gasteiger partial charge in [-0.25, -0.2) is 0 Å². The van der Waals surface area contributed by atoms with Gasteiger partial charge in [0.25, 0.3) is 0 Å². The fourth-order valence-corrected chi connectivity index (χ4v) is 1.28. The van der Waals surface area contributed by atoms with E-state index in [1.165, 1.54) is 0 Å². The lowest BCUT2D eigenvalue weighted by Gasteiger charge is -2.08. The Bertz CT molecular complexity index is 247. The Balaban J connectivity index is 3.41. The third-order valence-electron chi connectivity index (χ3n) is 2.43. The highest BCUT2D eigenvalue weighted by atomic mass is 16.4. The Morgan fingerprint density at radius 1 is 1.35 bits per heavy atom. The molecule has 0 aliphatic rings. The monoisotopic (exact) mass is 249 g/mol. The minimum absolute atomic E-state index is 0.121. The Hall–Kier alpha value is -1.02. The van der Waals surface area contributed by atoms with Crippen molar-refractivity contribution in [3.8, 4) is 0 Å². The summed E-state index contributed by atoms with van der Waals surface area (Å²) in [6, 6.07) is -0.687. The molecule has 17 heavy (non-hydrogen) atoms. The zero-order chi connectivity index (χ0) is 13.3. The summed E-state index contributed by atoms with van der Waals surface area (Å²) < 4.78 is 0. The molecule has 7 nitrogen and oxygen atoms in total. The molecule has 0 saturated heterocycles. The van der Waals surface area contributed by atoms with E-state index in [4.69, 9.17) is 10.2 Å². The fourth-order valence-electron chi connectivity index (χ4n) is 1.28. The number of aliphatic hydroxyl groups excluding tert-OH is 2. The number of Topliss-reactive ketones (excluding diaryl/α,β-unsaturated/α-hetero) is 1. The summed E-state index contributed by atoms with van der Waals surface area (Å²) in [6.45, 7) is 0.237. The molecule has 100 valence electrons. The van der Waals surface area contributed by atoms with Crippen LogP contribution < -0.4 is 16.2 Å². The van der Waals surface area contributed by atoms with E-state index in [2.05, 4.69) is 5.73 Å². The Morgan fingerprint density at radius 2 is 2.00 bits per heavy atom. The van der Waals surface area contributed by atoms with Gasteiger partial charge in [-0.2, -0.15) is 0 Å². The highest BCUT2D eigenvalue weighted by molar-refractivity contribution is 5.83. The molecule has 0 aliphatic heterocycles. The quantitative estimate of drug-likeness (QED) is 0.287. The second kappa shape index (κ2) is 9.06. The zero-order valence-electron chi connectivity index (χ0n) is 9.80. The summed E-state index contributed by atoms with van der Waals surface area (Å²) in [6.07, 6.45) is 0.633. The molecule has 0 fully saturated rings. The minimum atomic E-state index is -1.30. The first-order chi connectivity index (χ1) is 7.99. The van der Waals surface area contributed by atoms with Crippen LogP contribution >= 0.6 is 0 Å². The number of quaternary nitrogens is 2. The van der Waals surface area contributed by atoms with Crippen molar-refractivity contribution in [3.05, 3.63) is 0 Å². The molecule has 0 bridgehead atoms. The lowest BCUT2D eigenvalue weighted by Crippen LogP contribution is -2.86. The van der Waals surface area contributed by atoms with Crippen LogP contribution in [0, 0.1) is 0 Å². The zero-order valence-corrected chi connectivity index (χ0v) is 9.80. The van der Waals surface area contributed by atoms with Gasteiger partial charge >= 0.3 is 0 Å². The maximum Gasteiger partial charge on any atom is 0.217 e. The number of nitrogens with two attached hydrogens (primary N) is 1. The van der Waals surface area contributed by atoms with Crippen LogP contribution in [0.25, 0.3) is 0 Å². The topological polar surface area (TPSA) is 142 Å². The Morgan fingerprint density at radius 3 is 2.53 bits per heavy atom. The van der Waals surface area contributed by atoms with Gasteiger partial charge in [-0.3, -0.25) is 4.79 Å². The maximum atomic E-state index is 11.1. The van der Waals surface area contributed by atoms with E-state index in [1.807, 2.05) is 0 Å². The van der Waals surface area contributed by atoms with Crippen LogP contribution in [0.15, 0.2) is 0 Å². The number of hydrogen-bond donors (Lipinski definition) is 4. The van der Waals surface area contributed by atoms with E-state index < -0.39 is 30.5 Å². The van der Waals surface area contributed by atoms with Crippen molar-refractivity contribution < 1.29 is 36.0 Å². The summed E-state index contributed by atoms with van der Waals surface area (Å²) in [5.41, 5.74) is 3.43. The van der Waals surface area contributed by atoms with Crippen molar-refractivity contribution in [2.45, 2.75) is 31.4 Å². The van der Waals surface area contributed by atoms with Crippen LogP contribution in [0.5, 0.6) is 0 Å². The highest BCUT2D eigenvalue weighted by Gasteiger charge is 2.14. The van der Waals surface area contributed by atoms with E-state index in [0.717, 1.165) is 6.42 Å². The van der Waals surface area contributed by atoms with E-state index in [0.29, 0.717) is 19.4 Å². The summed E-state index contributed by atoms with van der Waals surface area (Å²) in [5, 5.41) is 29.5. The van der Waals surface area contributed by atoms with Crippen LogP contribution in [0.4, 0.5) is 0 Å². The number of carboxylic acids is 1. The lowest BCUT2D eigenvalue weighted by molar-refractivity contribution is -0.644. The molecule has 0 aromatic rings. The lowest BCUT2D eigenvalue weighted by atomic mass is 10.1. The molecular formula is C10H21N2O5+. The molecule has 7 heteroatoms. The molecule has 0 aliphatic carbocycles. The van der Waals surface area contributed by atoms with Crippen LogP contribution in [-0.2, 0) is 9.59 Å². The summed E-state index contributed by atoms with van der Waals surface area (Å²) in [7, 11) is 0. The van der Waals surface area contributed by atoms with Gasteiger partial charge in [0, 0.05) is 6.42 Å². The molecule has 0 saturated carbocycles. The molecule has 0 spiro atoms. The minimum Gasteiger partial charge on any atom is -0.544 e. The number of carbonyl (C=O) groups excluding carboxylic acids is 2. The van der Waals surface area contributed by atoms with Crippen molar-refractivity contribution in [1.82, 2.24) is 0 Å². The van der Waals surface area contributed by atoms with Gasteiger partial charge in [0.15, 0.2) is 0 Å². The van der Waals surface area contributed by atoms with Crippen molar-refractivity contribution in [1.29, 1.82) is 0 Å². The molecule has 7 N–H and O–H groups in total. The van der Waals surface area contributed by atoms with Gasteiger partial charge in [-0.15, -0.1) is 0 Å². The van der Waals surface area contributed by atoms with Gasteiger partial charge in [-0.1, -0.05) is 0 Å². The van der Waals surface area contributed by atoms with Gasteiger partial charge in [0.05, 0.1) is 19.1 Å². The average molecular weight is 249 g/mol. The van der Waals surface area contributed by atoms with Crippen LogP contribution in [0.3, 0.4) is 0 Å². The smallest absolute Gasteiger partial charge is 0.217 e. The SMILES string of the molecule is [NH3+][C@@H](CCCC[NH2+]CC(=O)[C@H](O)CO)C(=O)[O-]. The van der Waals surface area contributed by atoms with Crippen LogP contribution in [-0.4, -0.2) is 53.8 Å². The van der Waals surface area contributed by atoms with Gasteiger partial charge in [-0.05, 0) is 12.8 Å². The molecule has 0 rings (SSSR count). The largest absolute Gasteiger partial charge is 0.544 e.